The zero-order valence-corrected chi connectivity index (χ0v) is 37.6. The average Bonchev–Trinajstić information content (AvgIpc) is 4.13. The van der Waals surface area contributed by atoms with Crippen molar-refractivity contribution in [2.24, 2.45) is 11.8 Å². The molecule has 1 heteroatoms. The van der Waals surface area contributed by atoms with Crippen molar-refractivity contribution in [1.29, 1.82) is 0 Å². The van der Waals surface area contributed by atoms with Gasteiger partial charge < -0.3 is 4.90 Å². The first-order chi connectivity index (χ1) is 33.2. The SMILES string of the molecule is c1ccc(-c2ccccc2-c2ccccc2N(c2cccc(-c3ccc(C4CC5CCC4C5)c4ccccc34)c2)c2ccc3c(c2)C(c2ccccc2)(c2ccccc2)c2ccccc2-3)cc1. The van der Waals surface area contributed by atoms with Crippen LogP contribution in [-0.2, 0) is 5.41 Å². The van der Waals surface area contributed by atoms with E-state index in [-0.39, 0.29) is 0 Å². The maximum atomic E-state index is 2.52. The Kier molecular flexibility index (Phi) is 9.64. The van der Waals surface area contributed by atoms with Gasteiger partial charge in [-0.15, -0.1) is 0 Å². The second kappa shape index (κ2) is 16.3. The second-order valence-electron chi connectivity index (χ2n) is 19.1. The Morgan fingerprint density at radius 3 is 1.67 bits per heavy atom. The zero-order valence-electron chi connectivity index (χ0n) is 37.6. The normalized spacial score (nSPS) is 17.6. The van der Waals surface area contributed by atoms with Crippen LogP contribution in [0, 0.1) is 11.8 Å². The molecule has 320 valence electrons. The van der Waals surface area contributed by atoms with E-state index in [2.05, 4.69) is 248 Å². The molecule has 0 aliphatic heterocycles. The summed E-state index contributed by atoms with van der Waals surface area (Å²) in [6.45, 7) is 0. The Bertz CT molecular complexity index is 3400. The Balaban J connectivity index is 1.04. The lowest BCUT2D eigenvalue weighted by Crippen LogP contribution is -2.28. The summed E-state index contributed by atoms with van der Waals surface area (Å²) in [4.78, 5) is 2.52. The zero-order chi connectivity index (χ0) is 44.3. The summed E-state index contributed by atoms with van der Waals surface area (Å²) in [6.07, 6.45) is 5.54. The van der Waals surface area contributed by atoms with Crippen LogP contribution in [0.2, 0.25) is 0 Å². The molecule has 2 bridgehead atoms. The van der Waals surface area contributed by atoms with Gasteiger partial charge in [0, 0.05) is 16.9 Å². The van der Waals surface area contributed by atoms with E-state index in [1.54, 1.807) is 5.56 Å². The van der Waals surface area contributed by atoms with E-state index in [9.17, 15) is 0 Å². The van der Waals surface area contributed by atoms with Gasteiger partial charge in [-0.2, -0.15) is 0 Å². The van der Waals surface area contributed by atoms with E-state index in [0.29, 0.717) is 5.92 Å². The monoisotopic (exact) mass is 857 g/mol. The van der Waals surface area contributed by atoms with Crippen molar-refractivity contribution in [2.75, 3.05) is 4.90 Å². The molecule has 67 heavy (non-hydrogen) atoms. The molecule has 2 saturated carbocycles. The molecule has 2 fully saturated rings. The molecular weight excluding hydrogens is 807 g/mol. The first-order valence-corrected chi connectivity index (χ1v) is 24.3. The Morgan fingerprint density at radius 1 is 0.358 bits per heavy atom. The minimum atomic E-state index is -0.531. The molecule has 0 amide bonds. The summed E-state index contributed by atoms with van der Waals surface area (Å²) >= 11 is 0. The van der Waals surface area contributed by atoms with E-state index in [0.717, 1.165) is 28.9 Å². The van der Waals surface area contributed by atoms with Crippen LogP contribution in [0.1, 0.15) is 59.4 Å². The van der Waals surface area contributed by atoms with Gasteiger partial charge in [0.15, 0.2) is 0 Å². The molecule has 1 nitrogen and oxygen atoms in total. The lowest BCUT2D eigenvalue weighted by molar-refractivity contribution is 0.422. The van der Waals surface area contributed by atoms with Gasteiger partial charge in [-0.05, 0) is 145 Å². The summed E-state index contributed by atoms with van der Waals surface area (Å²) in [5, 5.41) is 2.76. The van der Waals surface area contributed by atoms with Crippen molar-refractivity contribution in [3.63, 3.8) is 0 Å². The number of para-hydroxylation sites is 1. The van der Waals surface area contributed by atoms with E-state index in [1.807, 2.05) is 0 Å². The van der Waals surface area contributed by atoms with Gasteiger partial charge in [0.1, 0.15) is 0 Å². The summed E-state index contributed by atoms with van der Waals surface area (Å²) in [5.41, 5.74) is 19.3. The molecule has 3 unspecified atom stereocenters. The van der Waals surface area contributed by atoms with E-state index < -0.39 is 5.41 Å². The van der Waals surface area contributed by atoms with Crippen molar-refractivity contribution in [3.05, 3.63) is 270 Å². The Labute approximate surface area is 394 Å². The fourth-order valence-corrected chi connectivity index (χ4v) is 12.8. The van der Waals surface area contributed by atoms with Crippen LogP contribution in [0.5, 0.6) is 0 Å². The van der Waals surface area contributed by atoms with Crippen molar-refractivity contribution < 1.29 is 0 Å². The van der Waals surface area contributed by atoms with Gasteiger partial charge in [0.05, 0.1) is 11.1 Å². The number of benzene rings is 10. The first kappa shape index (κ1) is 39.6. The number of anilines is 3. The number of nitrogens with zero attached hydrogens (tertiary/aromatic N) is 1. The average molecular weight is 858 g/mol. The van der Waals surface area contributed by atoms with Gasteiger partial charge >= 0.3 is 0 Å². The maximum Gasteiger partial charge on any atom is 0.0714 e. The first-order valence-electron chi connectivity index (χ1n) is 24.3. The van der Waals surface area contributed by atoms with Gasteiger partial charge in [0.2, 0.25) is 0 Å². The highest BCUT2D eigenvalue weighted by atomic mass is 15.1. The molecule has 0 saturated heterocycles. The Hall–Kier alpha value is -7.74. The van der Waals surface area contributed by atoms with Gasteiger partial charge in [-0.25, -0.2) is 0 Å². The van der Waals surface area contributed by atoms with Gasteiger partial charge in [0.25, 0.3) is 0 Å². The van der Waals surface area contributed by atoms with Crippen molar-refractivity contribution >= 4 is 27.8 Å². The third-order valence-corrected chi connectivity index (χ3v) is 15.7. The number of fused-ring (bicyclic) bond motifs is 6. The molecule has 0 radical (unpaired) electrons. The topological polar surface area (TPSA) is 3.24 Å². The molecule has 0 aromatic heterocycles. The smallest absolute Gasteiger partial charge is 0.0714 e. The molecule has 3 atom stereocenters. The molecule has 13 rings (SSSR count). The summed E-state index contributed by atoms with van der Waals surface area (Å²) in [7, 11) is 0. The molecule has 0 heterocycles. The Morgan fingerprint density at radius 2 is 0.940 bits per heavy atom. The van der Waals surface area contributed by atoms with Crippen LogP contribution in [0.15, 0.2) is 243 Å². The molecule has 0 N–H and O–H groups in total. The lowest BCUT2D eigenvalue weighted by atomic mass is 9.67. The minimum absolute atomic E-state index is 0.531. The van der Waals surface area contributed by atoms with Gasteiger partial charge in [-0.1, -0.05) is 219 Å². The highest BCUT2D eigenvalue weighted by Gasteiger charge is 2.46. The largest absolute Gasteiger partial charge is 0.310 e. The summed E-state index contributed by atoms with van der Waals surface area (Å²) in [5.74, 6) is 2.39. The van der Waals surface area contributed by atoms with Crippen LogP contribution < -0.4 is 4.90 Å². The molecule has 3 aliphatic carbocycles. The molecule has 10 aromatic rings. The van der Waals surface area contributed by atoms with Crippen LogP contribution in [0.3, 0.4) is 0 Å². The quantitative estimate of drug-likeness (QED) is 0.140. The third-order valence-electron chi connectivity index (χ3n) is 15.7. The van der Waals surface area contributed by atoms with Crippen molar-refractivity contribution in [3.8, 4) is 44.5 Å². The van der Waals surface area contributed by atoms with E-state index in [4.69, 9.17) is 0 Å². The fourth-order valence-electron chi connectivity index (χ4n) is 12.8. The van der Waals surface area contributed by atoms with Crippen molar-refractivity contribution in [1.82, 2.24) is 0 Å². The number of hydrogen-bond acceptors (Lipinski definition) is 1. The highest BCUT2D eigenvalue weighted by Crippen LogP contribution is 2.58. The minimum Gasteiger partial charge on any atom is -0.310 e. The number of hydrogen-bond donors (Lipinski definition) is 0. The third kappa shape index (κ3) is 6.44. The predicted octanol–water partition coefficient (Wildman–Crippen LogP) is 17.6. The van der Waals surface area contributed by atoms with Crippen molar-refractivity contribution in [2.45, 2.75) is 37.0 Å². The maximum absolute atomic E-state index is 2.52. The molecular formula is C66H51N. The summed E-state index contributed by atoms with van der Waals surface area (Å²) in [6, 6.07) is 90.7. The van der Waals surface area contributed by atoms with Crippen LogP contribution in [0.25, 0.3) is 55.3 Å². The lowest BCUT2D eigenvalue weighted by Gasteiger charge is -2.35. The van der Waals surface area contributed by atoms with E-state index in [1.165, 1.54) is 103 Å². The van der Waals surface area contributed by atoms with Gasteiger partial charge in [-0.3, -0.25) is 0 Å². The second-order valence-corrected chi connectivity index (χ2v) is 19.1. The predicted molar refractivity (Wildman–Crippen MR) is 280 cm³/mol. The standard InChI is InChI=1S/C66H51N/c1-4-19-46(20-5-1)53-27-10-11-29-56(53)61-32-15-17-34-65(61)67(51-26-18-21-47(43-51)54-39-40-58(57-30-13-12-28-55(54)57)62-42-45-35-36-48(62)41-45)52-37-38-60-59-31-14-16-33-63(59)66(64(60)44-52,49-22-6-2-7-23-49)50-24-8-3-9-25-50/h1-34,37-40,43-45,48,62H,35-36,41-42H2. The van der Waals surface area contributed by atoms with Crippen LogP contribution >= 0.6 is 0 Å². The van der Waals surface area contributed by atoms with Crippen LogP contribution in [-0.4, -0.2) is 0 Å². The molecule has 3 aliphatic rings. The van der Waals surface area contributed by atoms with Crippen LogP contribution in [0.4, 0.5) is 17.1 Å². The molecule has 10 aromatic carbocycles. The highest BCUT2D eigenvalue weighted by molar-refractivity contribution is 6.01. The number of rotatable bonds is 9. The molecule has 0 spiro atoms. The van der Waals surface area contributed by atoms with E-state index >= 15 is 0 Å². The fraction of sp³-hybridized carbons (Fsp3) is 0.121. The summed E-state index contributed by atoms with van der Waals surface area (Å²) < 4.78 is 0.